The highest BCUT2D eigenvalue weighted by Gasteiger charge is 2.50. The summed E-state index contributed by atoms with van der Waals surface area (Å²) >= 11 is 0. The Morgan fingerprint density at radius 3 is 2.57 bits per heavy atom. The van der Waals surface area contributed by atoms with Crippen molar-refractivity contribution in [2.75, 3.05) is 4.90 Å². The molecule has 0 saturated heterocycles. The highest BCUT2D eigenvalue weighted by atomic mass is 16.4. The summed E-state index contributed by atoms with van der Waals surface area (Å²) in [6, 6.07) is 6.72. The second-order valence-corrected chi connectivity index (χ2v) is 9.46. The Labute approximate surface area is 167 Å². The first kappa shape index (κ1) is 20.4. The van der Waals surface area contributed by atoms with Crippen molar-refractivity contribution in [3.63, 3.8) is 0 Å². The van der Waals surface area contributed by atoms with Crippen LogP contribution < -0.4 is 4.90 Å². The Kier molecular flexibility index (Phi) is 5.03. The van der Waals surface area contributed by atoms with Crippen LogP contribution in [0, 0.1) is 5.92 Å². The maximum atomic E-state index is 12.7. The van der Waals surface area contributed by atoms with Crippen LogP contribution >= 0.6 is 0 Å². The lowest BCUT2D eigenvalue weighted by Gasteiger charge is -2.41. The Hall–Kier alpha value is -2.36. The zero-order valence-corrected chi connectivity index (χ0v) is 17.7. The van der Waals surface area contributed by atoms with Crippen molar-refractivity contribution in [2.24, 2.45) is 5.92 Å². The van der Waals surface area contributed by atoms with Crippen molar-refractivity contribution in [3.8, 4) is 0 Å². The number of amides is 1. The van der Waals surface area contributed by atoms with E-state index in [2.05, 4.69) is 58.9 Å². The topological polar surface area (TPSA) is 57.6 Å². The molecule has 0 radical (unpaired) electrons. The third-order valence-corrected chi connectivity index (χ3v) is 6.27. The summed E-state index contributed by atoms with van der Waals surface area (Å²) in [5.74, 6) is -0.321. The van der Waals surface area contributed by atoms with Gasteiger partial charge in [-0.3, -0.25) is 4.79 Å². The first-order chi connectivity index (χ1) is 13.0. The molecule has 1 aliphatic heterocycles. The number of anilines is 1. The van der Waals surface area contributed by atoms with E-state index in [1.54, 1.807) is 0 Å². The number of carboxylic acids is 1. The fraction of sp³-hybridized carbons (Fsp3) is 0.500. The normalized spacial score (nSPS) is 26.7. The second kappa shape index (κ2) is 6.91. The molecule has 0 spiro atoms. The minimum absolute atomic E-state index is 0.0647. The molecule has 1 heterocycles. The molecule has 3 rings (SSSR count). The SMILES string of the molecule is CC(/C=C/[C@@H]1C[C@]1(C)c1ccc2c(c1)C(C)(C)CC(=O)N2C(C)C)=C\C(=O)O. The van der Waals surface area contributed by atoms with Crippen molar-refractivity contribution in [1.29, 1.82) is 0 Å². The van der Waals surface area contributed by atoms with E-state index in [1.807, 2.05) is 17.9 Å². The molecule has 1 saturated carbocycles. The number of benzene rings is 1. The second-order valence-electron chi connectivity index (χ2n) is 9.46. The minimum atomic E-state index is -0.915. The van der Waals surface area contributed by atoms with Gasteiger partial charge in [0.05, 0.1) is 0 Å². The van der Waals surface area contributed by atoms with E-state index in [-0.39, 0.29) is 22.8 Å². The number of hydrogen-bond donors (Lipinski definition) is 1. The first-order valence-corrected chi connectivity index (χ1v) is 10.0. The fourth-order valence-corrected chi connectivity index (χ4v) is 4.42. The van der Waals surface area contributed by atoms with Crippen LogP contribution in [0.2, 0.25) is 0 Å². The zero-order chi connectivity index (χ0) is 20.9. The molecule has 1 aliphatic carbocycles. The molecule has 2 aliphatic rings. The molecule has 1 amide bonds. The molecule has 0 bridgehead atoms. The van der Waals surface area contributed by atoms with Crippen LogP contribution in [0.3, 0.4) is 0 Å². The minimum Gasteiger partial charge on any atom is -0.478 e. The first-order valence-electron chi connectivity index (χ1n) is 10.0. The lowest BCUT2D eigenvalue weighted by Crippen LogP contribution is -2.45. The van der Waals surface area contributed by atoms with Gasteiger partial charge in [0.25, 0.3) is 0 Å². The van der Waals surface area contributed by atoms with Crippen LogP contribution in [0.1, 0.15) is 65.5 Å². The van der Waals surface area contributed by atoms with Gasteiger partial charge in [0.1, 0.15) is 0 Å². The van der Waals surface area contributed by atoms with Crippen LogP contribution in [-0.2, 0) is 20.4 Å². The van der Waals surface area contributed by atoms with Crippen molar-refractivity contribution < 1.29 is 14.7 Å². The Morgan fingerprint density at radius 1 is 1.29 bits per heavy atom. The molecule has 0 aromatic heterocycles. The van der Waals surface area contributed by atoms with Crippen LogP contribution in [0.15, 0.2) is 42.0 Å². The Morgan fingerprint density at radius 2 is 1.96 bits per heavy atom. The summed E-state index contributed by atoms with van der Waals surface area (Å²) in [5.41, 5.74) is 4.22. The van der Waals surface area contributed by atoms with Gasteiger partial charge in [0.15, 0.2) is 0 Å². The molecule has 1 aromatic carbocycles. The third-order valence-electron chi connectivity index (χ3n) is 6.27. The number of hydrogen-bond acceptors (Lipinski definition) is 2. The maximum absolute atomic E-state index is 12.7. The van der Waals surface area contributed by atoms with E-state index in [9.17, 15) is 9.59 Å². The monoisotopic (exact) mass is 381 g/mol. The van der Waals surface area contributed by atoms with E-state index in [0.29, 0.717) is 12.3 Å². The lowest BCUT2D eigenvalue weighted by molar-refractivity contribution is -0.131. The Balaban J connectivity index is 1.91. The van der Waals surface area contributed by atoms with Crippen molar-refractivity contribution >= 4 is 17.6 Å². The number of carbonyl (C=O) groups excluding carboxylic acids is 1. The van der Waals surface area contributed by atoms with Gasteiger partial charge >= 0.3 is 5.97 Å². The van der Waals surface area contributed by atoms with Gasteiger partial charge < -0.3 is 10.0 Å². The third kappa shape index (κ3) is 3.65. The quantitative estimate of drug-likeness (QED) is 0.578. The fourth-order valence-electron chi connectivity index (χ4n) is 4.42. The molecular formula is C24H31NO3. The van der Waals surface area contributed by atoms with Crippen molar-refractivity contribution in [1.82, 2.24) is 0 Å². The summed E-state index contributed by atoms with van der Waals surface area (Å²) in [4.78, 5) is 25.4. The molecule has 4 nitrogen and oxygen atoms in total. The van der Waals surface area contributed by atoms with Gasteiger partial charge in [-0.05, 0) is 61.3 Å². The number of fused-ring (bicyclic) bond motifs is 1. The molecule has 0 unspecified atom stereocenters. The molecule has 150 valence electrons. The average Bonchev–Trinajstić information content (AvgIpc) is 3.23. The molecule has 1 aromatic rings. The van der Waals surface area contributed by atoms with E-state index in [0.717, 1.165) is 17.7 Å². The molecular weight excluding hydrogens is 350 g/mol. The van der Waals surface area contributed by atoms with Gasteiger partial charge in [-0.1, -0.05) is 45.1 Å². The van der Waals surface area contributed by atoms with Crippen LogP contribution in [0.4, 0.5) is 5.69 Å². The summed E-state index contributed by atoms with van der Waals surface area (Å²) < 4.78 is 0. The highest BCUT2D eigenvalue weighted by Crippen LogP contribution is 2.56. The highest BCUT2D eigenvalue weighted by molar-refractivity contribution is 5.98. The summed E-state index contributed by atoms with van der Waals surface area (Å²) in [6.07, 6.45) is 6.85. The van der Waals surface area contributed by atoms with Crippen LogP contribution in [-0.4, -0.2) is 23.0 Å². The number of nitrogens with zero attached hydrogens (tertiary/aromatic N) is 1. The molecule has 1 N–H and O–H groups in total. The van der Waals surface area contributed by atoms with Gasteiger partial charge in [-0.2, -0.15) is 0 Å². The molecule has 4 heteroatoms. The van der Waals surface area contributed by atoms with E-state index in [4.69, 9.17) is 5.11 Å². The van der Waals surface area contributed by atoms with Gasteiger partial charge in [-0.15, -0.1) is 0 Å². The van der Waals surface area contributed by atoms with Crippen molar-refractivity contribution in [3.05, 3.63) is 53.1 Å². The summed E-state index contributed by atoms with van der Waals surface area (Å²) in [7, 11) is 0. The van der Waals surface area contributed by atoms with Gasteiger partial charge in [-0.25, -0.2) is 4.79 Å². The molecule has 28 heavy (non-hydrogen) atoms. The summed E-state index contributed by atoms with van der Waals surface area (Å²) in [6.45, 7) is 12.5. The lowest BCUT2D eigenvalue weighted by atomic mass is 9.75. The number of allylic oxidation sites excluding steroid dienone is 3. The predicted molar refractivity (Wildman–Crippen MR) is 113 cm³/mol. The maximum Gasteiger partial charge on any atom is 0.328 e. The summed E-state index contributed by atoms with van der Waals surface area (Å²) in [5, 5.41) is 8.85. The number of aliphatic carboxylic acids is 1. The standard InChI is InChI=1S/C24H31NO3/c1-15(2)25-20-10-9-17(12-19(20)23(4,5)14-21(25)26)24(6)13-18(24)8-7-16(3)11-22(27)28/h7-12,15,18H,13-14H2,1-6H3,(H,27,28)/b8-7+,16-11+/t18-,24-/m1/s1. The van der Waals surface area contributed by atoms with E-state index < -0.39 is 5.97 Å². The number of rotatable bonds is 5. The van der Waals surface area contributed by atoms with Crippen LogP contribution in [0.25, 0.3) is 0 Å². The van der Waals surface area contributed by atoms with Crippen LogP contribution in [0.5, 0.6) is 0 Å². The number of carboxylic acid groups (broad SMARTS) is 1. The smallest absolute Gasteiger partial charge is 0.328 e. The average molecular weight is 382 g/mol. The van der Waals surface area contributed by atoms with Gasteiger partial charge in [0, 0.05) is 29.6 Å². The largest absolute Gasteiger partial charge is 0.478 e. The van der Waals surface area contributed by atoms with Crippen molar-refractivity contribution in [2.45, 2.75) is 71.3 Å². The zero-order valence-electron chi connectivity index (χ0n) is 17.7. The van der Waals surface area contributed by atoms with E-state index >= 15 is 0 Å². The predicted octanol–water partition coefficient (Wildman–Crippen LogP) is 4.97. The van der Waals surface area contributed by atoms with Gasteiger partial charge in [0.2, 0.25) is 5.91 Å². The Bertz CT molecular complexity index is 878. The van der Waals surface area contributed by atoms with E-state index in [1.165, 1.54) is 17.2 Å². The number of carbonyl (C=O) groups is 2. The molecule has 2 atom stereocenters. The molecule has 1 fully saturated rings.